The van der Waals surface area contributed by atoms with Crippen molar-refractivity contribution in [2.75, 3.05) is 0 Å². The van der Waals surface area contributed by atoms with Gasteiger partial charge < -0.3 is 0 Å². The Morgan fingerprint density at radius 1 is 0.333 bits per heavy atom. The van der Waals surface area contributed by atoms with Gasteiger partial charge in [-0.3, -0.25) is 0 Å². The Morgan fingerprint density at radius 3 is 0.926 bits per heavy atom. The summed E-state index contributed by atoms with van der Waals surface area (Å²) in [6.07, 6.45) is 0. The van der Waals surface area contributed by atoms with Crippen molar-refractivity contribution in [3.05, 3.63) is 95.6 Å². The first kappa shape index (κ1) is 26.9. The van der Waals surface area contributed by atoms with E-state index >= 15 is 0 Å². The average Bonchev–Trinajstić information content (AvgIpc) is 2.76. The first-order valence-corrected chi connectivity index (χ1v) is 10.3. The normalized spacial score (nSPS) is 8.19. The van der Waals surface area contributed by atoms with E-state index in [1.54, 1.807) is 0 Å². The first-order valence-electron chi connectivity index (χ1n) is 10.3. The maximum absolute atomic E-state index is 2.16. The van der Waals surface area contributed by atoms with Crippen molar-refractivity contribution in [2.24, 2.45) is 0 Å². The summed E-state index contributed by atoms with van der Waals surface area (Å²) in [4.78, 5) is 0. The highest BCUT2D eigenvalue weighted by Gasteiger charge is 1.93. The molecule has 3 aromatic carbocycles. The predicted molar refractivity (Wildman–Crippen MR) is 127 cm³/mol. The van der Waals surface area contributed by atoms with Crippen molar-refractivity contribution in [1.29, 1.82) is 0 Å². The minimum absolute atomic E-state index is 1.28. The lowest BCUT2D eigenvalue weighted by molar-refractivity contribution is 1.40. The number of rotatable bonds is 1. The zero-order valence-corrected chi connectivity index (χ0v) is 19.0. The smallest absolute Gasteiger partial charge is 0.0184 e. The molecule has 0 saturated carbocycles. The lowest BCUT2D eigenvalue weighted by atomic mass is 10.0. The van der Waals surface area contributed by atoms with Crippen molar-refractivity contribution in [3.8, 4) is 11.1 Å². The molecule has 0 radical (unpaired) electrons. The van der Waals surface area contributed by atoms with Crippen molar-refractivity contribution in [3.63, 3.8) is 0 Å². The second-order valence-electron chi connectivity index (χ2n) is 5.39. The molecule has 3 aromatic rings. The molecule has 0 unspecified atom stereocenters. The van der Waals surface area contributed by atoms with E-state index in [4.69, 9.17) is 0 Å². The molecule has 3 rings (SSSR count). The zero-order chi connectivity index (χ0) is 21.1. The van der Waals surface area contributed by atoms with Gasteiger partial charge in [0.15, 0.2) is 0 Å². The van der Waals surface area contributed by atoms with Crippen LogP contribution in [0.4, 0.5) is 0 Å². The van der Waals surface area contributed by atoms with Crippen molar-refractivity contribution >= 4 is 0 Å². The Hall–Kier alpha value is -2.34. The van der Waals surface area contributed by atoms with E-state index in [0.29, 0.717) is 0 Å². The number of benzene rings is 3. The Morgan fingerprint density at radius 2 is 0.593 bits per heavy atom. The molecule has 0 aromatic heterocycles. The first-order chi connectivity index (χ1) is 13.1. The molecule has 0 aliphatic heterocycles. The molecule has 0 aliphatic carbocycles. The van der Waals surface area contributed by atoms with E-state index in [0.717, 1.165) is 0 Å². The quantitative estimate of drug-likeness (QED) is 0.404. The molecule has 0 nitrogen and oxygen atoms in total. The maximum Gasteiger partial charge on any atom is -0.0184 e. The van der Waals surface area contributed by atoms with Crippen LogP contribution in [0.25, 0.3) is 11.1 Å². The summed E-state index contributed by atoms with van der Waals surface area (Å²) < 4.78 is 0. The van der Waals surface area contributed by atoms with E-state index in [1.165, 1.54) is 27.8 Å². The maximum atomic E-state index is 2.16. The summed E-state index contributed by atoms with van der Waals surface area (Å²) in [5, 5.41) is 0. The molecule has 0 fully saturated rings. The van der Waals surface area contributed by atoms with Crippen LogP contribution in [0.15, 0.2) is 78.9 Å². The minimum atomic E-state index is 1.28. The second kappa shape index (κ2) is 18.5. The Kier molecular flexibility index (Phi) is 18.4. The van der Waals surface area contributed by atoms with Gasteiger partial charge in [-0.15, -0.1) is 0 Å². The summed E-state index contributed by atoms with van der Waals surface area (Å²) in [5.74, 6) is 0. The molecule has 0 spiro atoms. The van der Waals surface area contributed by atoms with Gasteiger partial charge in [0.2, 0.25) is 0 Å². The Bertz CT molecular complexity index is 626. The summed E-state index contributed by atoms with van der Waals surface area (Å²) in [6, 6.07) is 27.5. The van der Waals surface area contributed by atoms with Gasteiger partial charge in [0.1, 0.15) is 0 Å². The van der Waals surface area contributed by atoms with Crippen LogP contribution in [-0.4, -0.2) is 0 Å². The monoisotopic (exact) mass is 364 g/mol. The van der Waals surface area contributed by atoms with Gasteiger partial charge in [-0.25, -0.2) is 0 Å². The zero-order valence-electron chi connectivity index (χ0n) is 19.0. The van der Waals surface area contributed by atoms with Crippen LogP contribution in [0.3, 0.4) is 0 Å². The fourth-order valence-electron chi connectivity index (χ4n) is 2.01. The van der Waals surface area contributed by atoms with Crippen molar-refractivity contribution in [1.82, 2.24) is 0 Å². The topological polar surface area (TPSA) is 0 Å². The molecule has 0 amide bonds. The van der Waals surface area contributed by atoms with Crippen LogP contribution in [-0.2, 0) is 0 Å². The van der Waals surface area contributed by atoms with Crippen LogP contribution < -0.4 is 0 Å². The van der Waals surface area contributed by atoms with Gasteiger partial charge in [0.05, 0.1) is 0 Å². The van der Waals surface area contributed by atoms with Crippen molar-refractivity contribution in [2.45, 2.75) is 62.3 Å². The van der Waals surface area contributed by atoms with Gasteiger partial charge in [-0.1, -0.05) is 137 Å². The third-order valence-corrected chi connectivity index (χ3v) is 3.38. The standard InChI is InChI=1S/C13H12.C8H10.3C2H6/c1-11-7-9-13(10-8-11)12-5-3-2-4-6-12;1-7-3-5-8(2)6-4-7;3*1-2/h2-10H,1H3;3-6H,1-2H3;3*1-2H3. The number of hydrogen-bond donors (Lipinski definition) is 0. The van der Waals surface area contributed by atoms with Crippen LogP contribution in [0.5, 0.6) is 0 Å². The second-order valence-corrected chi connectivity index (χ2v) is 5.39. The van der Waals surface area contributed by atoms with E-state index in [1.807, 2.05) is 47.6 Å². The molecule has 148 valence electrons. The molecule has 0 atom stereocenters. The predicted octanol–water partition coefficient (Wildman–Crippen LogP) is 9.04. The fraction of sp³-hybridized carbons (Fsp3) is 0.333. The number of hydrogen-bond acceptors (Lipinski definition) is 0. The van der Waals surface area contributed by atoms with Crippen LogP contribution in [0, 0.1) is 20.8 Å². The van der Waals surface area contributed by atoms with Crippen LogP contribution >= 0.6 is 0 Å². The SMILES string of the molecule is CC.CC.CC.Cc1ccc(-c2ccccc2)cc1.Cc1ccc(C)cc1. The summed E-state index contributed by atoms with van der Waals surface area (Å²) in [5.41, 5.74) is 6.53. The van der Waals surface area contributed by atoms with E-state index in [9.17, 15) is 0 Å². The average molecular weight is 365 g/mol. The van der Waals surface area contributed by atoms with Crippen molar-refractivity contribution < 1.29 is 0 Å². The molecule has 27 heavy (non-hydrogen) atoms. The highest BCUT2D eigenvalue weighted by Crippen LogP contribution is 2.18. The third kappa shape index (κ3) is 12.6. The fourth-order valence-corrected chi connectivity index (χ4v) is 2.01. The largest absolute Gasteiger partial charge is 0.0683 e. The summed E-state index contributed by atoms with van der Waals surface area (Å²) in [7, 11) is 0. The van der Waals surface area contributed by atoms with Gasteiger partial charge in [0.25, 0.3) is 0 Å². The molecule has 0 saturated heterocycles. The summed E-state index contributed by atoms with van der Waals surface area (Å²) >= 11 is 0. The molecule has 0 heterocycles. The van der Waals surface area contributed by atoms with Gasteiger partial charge in [-0.2, -0.15) is 0 Å². The van der Waals surface area contributed by atoms with E-state index in [2.05, 4.69) is 93.6 Å². The molecular weight excluding hydrogens is 324 g/mol. The lowest BCUT2D eigenvalue weighted by Gasteiger charge is -2.00. The van der Waals surface area contributed by atoms with Crippen LogP contribution in [0.2, 0.25) is 0 Å². The molecule has 0 heteroatoms. The molecule has 0 N–H and O–H groups in total. The van der Waals surface area contributed by atoms with Gasteiger partial charge >= 0.3 is 0 Å². The van der Waals surface area contributed by atoms with E-state index < -0.39 is 0 Å². The third-order valence-electron chi connectivity index (χ3n) is 3.38. The highest BCUT2D eigenvalue weighted by atomic mass is 14.0. The van der Waals surface area contributed by atoms with Crippen LogP contribution in [0.1, 0.15) is 58.2 Å². The molecule has 0 bridgehead atoms. The minimum Gasteiger partial charge on any atom is -0.0683 e. The van der Waals surface area contributed by atoms with Gasteiger partial charge in [0, 0.05) is 0 Å². The molecular formula is C27H40. The lowest BCUT2D eigenvalue weighted by Crippen LogP contribution is -1.76. The van der Waals surface area contributed by atoms with E-state index in [-0.39, 0.29) is 0 Å². The number of aryl methyl sites for hydroxylation is 3. The summed E-state index contributed by atoms with van der Waals surface area (Å²) in [6.45, 7) is 18.3. The Labute approximate surface area is 169 Å². The van der Waals surface area contributed by atoms with Gasteiger partial charge in [-0.05, 0) is 31.9 Å². The Balaban J connectivity index is 0. The highest BCUT2D eigenvalue weighted by molar-refractivity contribution is 5.63. The molecule has 0 aliphatic rings.